The Hall–Kier alpha value is -1.41. The minimum atomic E-state index is -4.05. The highest BCUT2D eigenvalue weighted by atomic mass is 19.3. The van der Waals surface area contributed by atoms with E-state index >= 15 is 0 Å². The molecule has 0 amide bonds. The lowest BCUT2D eigenvalue weighted by Crippen LogP contribution is -2.35. The van der Waals surface area contributed by atoms with Gasteiger partial charge >= 0.3 is 6.11 Å². The first-order valence-electron chi connectivity index (χ1n) is 7.67. The monoisotopic (exact) mass is 354 g/mol. The van der Waals surface area contributed by atoms with Crippen LogP contribution < -0.4 is 4.74 Å². The lowest BCUT2D eigenvalue weighted by molar-refractivity contribution is -0.289. The number of alkyl halides is 4. The van der Waals surface area contributed by atoms with E-state index in [9.17, 15) is 22.0 Å². The predicted octanol–water partition coefficient (Wildman–Crippen LogP) is 4.80. The molecule has 3 nitrogen and oxygen atoms in total. The summed E-state index contributed by atoms with van der Waals surface area (Å²) in [5.74, 6) is -2.18. The minimum Gasteiger partial charge on any atom is -0.493 e. The fourth-order valence-electron chi connectivity index (χ4n) is 2.51. The zero-order chi connectivity index (χ0) is 17.9. The molecule has 0 saturated carbocycles. The summed E-state index contributed by atoms with van der Waals surface area (Å²) in [6, 6.07) is 1.61. The third kappa shape index (κ3) is 4.16. The summed E-state index contributed by atoms with van der Waals surface area (Å²) >= 11 is 0. The van der Waals surface area contributed by atoms with Gasteiger partial charge in [0.05, 0.1) is 36.5 Å². The van der Waals surface area contributed by atoms with Crippen LogP contribution in [-0.2, 0) is 15.6 Å². The molecule has 24 heavy (non-hydrogen) atoms. The van der Waals surface area contributed by atoms with Crippen LogP contribution in [0.4, 0.5) is 22.0 Å². The molecule has 136 valence electrons. The molecule has 2 rings (SSSR count). The summed E-state index contributed by atoms with van der Waals surface area (Å²) in [6.45, 7) is 3.26. The molecule has 0 spiro atoms. The van der Waals surface area contributed by atoms with Crippen molar-refractivity contribution in [3.8, 4) is 5.75 Å². The Morgan fingerprint density at radius 3 is 2.54 bits per heavy atom. The molecule has 1 aliphatic heterocycles. The molecule has 1 aromatic rings. The molecule has 1 saturated heterocycles. The van der Waals surface area contributed by atoms with Gasteiger partial charge in [-0.15, -0.1) is 0 Å². The van der Waals surface area contributed by atoms with Gasteiger partial charge in [-0.3, -0.25) is 0 Å². The third-order valence-corrected chi connectivity index (χ3v) is 3.75. The highest BCUT2D eigenvalue weighted by Crippen LogP contribution is 2.40. The summed E-state index contributed by atoms with van der Waals surface area (Å²) < 4.78 is 83.6. The predicted molar refractivity (Wildman–Crippen MR) is 75.9 cm³/mol. The normalized spacial score (nSPS) is 22.0. The van der Waals surface area contributed by atoms with Gasteiger partial charge in [-0.25, -0.2) is 13.2 Å². The Morgan fingerprint density at radius 1 is 1.29 bits per heavy atom. The lowest BCUT2D eigenvalue weighted by atomic mass is 10.1. The molecule has 0 aromatic heterocycles. The molecule has 1 heterocycles. The van der Waals surface area contributed by atoms with Crippen LogP contribution in [0, 0.1) is 5.82 Å². The summed E-state index contributed by atoms with van der Waals surface area (Å²) in [5, 5.41) is 0. The number of rotatable bonds is 6. The fraction of sp³-hybridized carbons (Fsp3) is 0.625. The van der Waals surface area contributed by atoms with Crippen molar-refractivity contribution in [1.29, 1.82) is 0 Å². The Bertz CT molecular complexity index is 557. The molecule has 0 N–H and O–H groups in total. The van der Waals surface area contributed by atoms with Crippen molar-refractivity contribution in [1.82, 2.24) is 0 Å². The second kappa shape index (κ2) is 7.65. The average Bonchev–Trinajstić information content (AvgIpc) is 2.49. The van der Waals surface area contributed by atoms with E-state index in [0.29, 0.717) is 18.9 Å². The molecule has 0 radical (unpaired) electrons. The van der Waals surface area contributed by atoms with Gasteiger partial charge in [-0.2, -0.15) is 8.78 Å². The van der Waals surface area contributed by atoms with E-state index in [0.717, 1.165) is 6.07 Å². The minimum absolute atomic E-state index is 0.00297. The van der Waals surface area contributed by atoms with E-state index in [1.165, 1.54) is 6.92 Å². The van der Waals surface area contributed by atoms with Crippen LogP contribution in [0.1, 0.15) is 44.2 Å². The molecule has 2 atom stereocenters. The first-order valence-corrected chi connectivity index (χ1v) is 7.67. The smallest absolute Gasteiger partial charge is 0.386 e. The van der Waals surface area contributed by atoms with Crippen molar-refractivity contribution in [3.05, 3.63) is 29.1 Å². The van der Waals surface area contributed by atoms with Crippen LogP contribution in [0.2, 0.25) is 0 Å². The van der Waals surface area contributed by atoms with Crippen LogP contribution in [0.5, 0.6) is 5.75 Å². The van der Waals surface area contributed by atoms with Crippen molar-refractivity contribution in [2.45, 2.75) is 51.4 Å². The van der Waals surface area contributed by atoms with Crippen LogP contribution in [0.25, 0.3) is 0 Å². The van der Waals surface area contributed by atoms with Gasteiger partial charge in [0.15, 0.2) is 0 Å². The van der Waals surface area contributed by atoms with Crippen molar-refractivity contribution < 1.29 is 36.2 Å². The Kier molecular flexibility index (Phi) is 6.03. The molecular formula is C16H19F5O3. The molecule has 0 bridgehead atoms. The standard InChI is InChI=1S/C16H19F5O3/c1-3-22-12-7-6-11(14(17)13(12)15(18)19)16(20,21)24-10-5-4-9(2)23-8-10/h6-7,9-10,15H,3-5,8H2,1-2H3. The highest BCUT2D eigenvalue weighted by Gasteiger charge is 2.41. The van der Waals surface area contributed by atoms with Gasteiger partial charge in [0, 0.05) is 0 Å². The Labute approximate surface area is 136 Å². The second-order valence-corrected chi connectivity index (χ2v) is 5.55. The summed E-state index contributed by atoms with van der Waals surface area (Å²) in [7, 11) is 0. The van der Waals surface area contributed by atoms with Crippen molar-refractivity contribution in [2.24, 2.45) is 0 Å². The SMILES string of the molecule is CCOc1ccc(C(F)(F)OC2CCC(C)OC2)c(F)c1C(F)F. The molecule has 1 fully saturated rings. The van der Waals surface area contributed by atoms with Gasteiger partial charge < -0.3 is 14.2 Å². The second-order valence-electron chi connectivity index (χ2n) is 5.55. The van der Waals surface area contributed by atoms with E-state index in [4.69, 9.17) is 9.47 Å². The van der Waals surface area contributed by atoms with Gasteiger partial charge in [-0.1, -0.05) is 0 Å². The maximum Gasteiger partial charge on any atom is 0.386 e. The zero-order valence-electron chi connectivity index (χ0n) is 13.3. The van der Waals surface area contributed by atoms with Crippen molar-refractivity contribution in [2.75, 3.05) is 13.2 Å². The highest BCUT2D eigenvalue weighted by molar-refractivity contribution is 5.41. The fourth-order valence-corrected chi connectivity index (χ4v) is 2.51. The Morgan fingerprint density at radius 2 is 2.00 bits per heavy atom. The average molecular weight is 354 g/mol. The van der Waals surface area contributed by atoms with Gasteiger partial charge in [0.25, 0.3) is 6.43 Å². The third-order valence-electron chi connectivity index (χ3n) is 3.75. The first kappa shape index (κ1) is 18.9. The van der Waals surface area contributed by atoms with Gasteiger partial charge in [-0.05, 0) is 38.8 Å². The van der Waals surface area contributed by atoms with Gasteiger partial charge in [0.2, 0.25) is 0 Å². The topological polar surface area (TPSA) is 27.7 Å². The molecule has 1 aromatic carbocycles. The van der Waals surface area contributed by atoms with Crippen LogP contribution >= 0.6 is 0 Å². The number of ether oxygens (including phenoxy) is 3. The number of benzene rings is 1. The molecule has 8 heteroatoms. The first-order chi connectivity index (χ1) is 11.3. The van der Waals surface area contributed by atoms with E-state index in [2.05, 4.69) is 4.74 Å². The molecule has 2 unspecified atom stereocenters. The van der Waals surface area contributed by atoms with E-state index < -0.39 is 41.3 Å². The van der Waals surface area contributed by atoms with Crippen molar-refractivity contribution in [3.63, 3.8) is 0 Å². The molecule has 0 aliphatic carbocycles. The van der Waals surface area contributed by atoms with E-state index in [-0.39, 0.29) is 19.3 Å². The Balaban J connectivity index is 2.27. The zero-order valence-corrected chi connectivity index (χ0v) is 13.3. The molecule has 1 aliphatic rings. The summed E-state index contributed by atoms with van der Waals surface area (Å²) in [5.41, 5.74) is -2.42. The maximum absolute atomic E-state index is 14.3. The van der Waals surface area contributed by atoms with Gasteiger partial charge in [0.1, 0.15) is 11.6 Å². The van der Waals surface area contributed by atoms with Crippen LogP contribution in [-0.4, -0.2) is 25.4 Å². The quantitative estimate of drug-likeness (QED) is 0.687. The summed E-state index contributed by atoms with van der Waals surface area (Å²) in [6.07, 6.45) is -7.50. The largest absolute Gasteiger partial charge is 0.493 e. The number of hydrogen-bond donors (Lipinski definition) is 0. The van der Waals surface area contributed by atoms with Crippen LogP contribution in [0.3, 0.4) is 0 Å². The van der Waals surface area contributed by atoms with Crippen molar-refractivity contribution >= 4 is 0 Å². The maximum atomic E-state index is 14.3. The van der Waals surface area contributed by atoms with E-state index in [1.54, 1.807) is 6.92 Å². The van der Waals surface area contributed by atoms with E-state index in [1.807, 2.05) is 0 Å². The number of halogens is 5. The lowest BCUT2D eigenvalue weighted by Gasteiger charge is -2.30. The van der Waals surface area contributed by atoms with Crippen LogP contribution in [0.15, 0.2) is 12.1 Å². The molecular weight excluding hydrogens is 335 g/mol. The number of hydrogen-bond acceptors (Lipinski definition) is 3. The summed E-state index contributed by atoms with van der Waals surface area (Å²) in [4.78, 5) is 0.